The van der Waals surface area contributed by atoms with Crippen LogP contribution in [0.15, 0.2) is 0 Å². The minimum absolute atomic E-state index is 0.318. The van der Waals surface area contributed by atoms with Gasteiger partial charge in [0.1, 0.15) is 0 Å². The average Bonchev–Trinajstić information content (AvgIpc) is 2.21. The number of nitrogens with one attached hydrogen (secondary N) is 2. The normalized spacial score (nSPS) is 13.9. The van der Waals surface area contributed by atoms with Gasteiger partial charge < -0.3 is 20.8 Å². The standard InChI is InChI=1S/C10H20N2O4/c1-3-4-5-6-11-9(15)12-7-10(2,16)8(13)14/h16H,3-7H2,1-2H3,(H,13,14)(H2,11,12,15). The maximum Gasteiger partial charge on any atom is 0.337 e. The van der Waals surface area contributed by atoms with Crippen molar-refractivity contribution < 1.29 is 19.8 Å². The van der Waals surface area contributed by atoms with Crippen molar-refractivity contribution in [3.8, 4) is 0 Å². The van der Waals surface area contributed by atoms with Crippen LogP contribution in [0, 0.1) is 0 Å². The summed E-state index contributed by atoms with van der Waals surface area (Å²) in [5.41, 5.74) is -1.93. The SMILES string of the molecule is CCCCCNC(=O)NCC(C)(O)C(=O)O. The molecule has 1 atom stereocenters. The van der Waals surface area contributed by atoms with Crippen LogP contribution < -0.4 is 10.6 Å². The van der Waals surface area contributed by atoms with E-state index in [9.17, 15) is 14.7 Å². The van der Waals surface area contributed by atoms with Crippen LogP contribution in [0.5, 0.6) is 0 Å². The van der Waals surface area contributed by atoms with Crippen molar-refractivity contribution in [2.45, 2.75) is 38.7 Å². The van der Waals surface area contributed by atoms with Crippen molar-refractivity contribution in [3.63, 3.8) is 0 Å². The highest BCUT2D eigenvalue weighted by molar-refractivity contribution is 5.79. The van der Waals surface area contributed by atoms with Crippen LogP contribution in [-0.2, 0) is 4.79 Å². The van der Waals surface area contributed by atoms with Crippen molar-refractivity contribution in [1.82, 2.24) is 10.6 Å². The fourth-order valence-corrected chi connectivity index (χ4v) is 0.967. The molecule has 94 valence electrons. The number of rotatable bonds is 7. The maximum absolute atomic E-state index is 11.1. The number of carbonyl (C=O) groups excluding carboxylic acids is 1. The minimum Gasteiger partial charge on any atom is -0.479 e. The van der Waals surface area contributed by atoms with Crippen LogP contribution >= 0.6 is 0 Å². The number of aliphatic hydroxyl groups is 1. The predicted octanol–water partition coefficient (Wildman–Crippen LogP) is 0.311. The fourth-order valence-electron chi connectivity index (χ4n) is 0.967. The molecule has 0 fully saturated rings. The summed E-state index contributed by atoms with van der Waals surface area (Å²) in [6, 6.07) is -0.461. The van der Waals surface area contributed by atoms with E-state index >= 15 is 0 Å². The highest BCUT2D eigenvalue weighted by Crippen LogP contribution is 2.00. The molecule has 0 rings (SSSR count). The van der Waals surface area contributed by atoms with Crippen molar-refractivity contribution in [1.29, 1.82) is 0 Å². The third-order valence-corrected chi connectivity index (χ3v) is 2.12. The number of carboxylic acids is 1. The predicted molar refractivity (Wildman–Crippen MR) is 59.2 cm³/mol. The molecule has 0 bridgehead atoms. The van der Waals surface area contributed by atoms with Crippen LogP contribution in [0.2, 0.25) is 0 Å². The van der Waals surface area contributed by atoms with Gasteiger partial charge in [-0.3, -0.25) is 0 Å². The Kier molecular flexibility index (Phi) is 6.48. The molecule has 0 aliphatic rings. The fraction of sp³-hybridized carbons (Fsp3) is 0.800. The minimum atomic E-state index is -1.93. The highest BCUT2D eigenvalue weighted by atomic mass is 16.4. The molecule has 0 aromatic carbocycles. The second-order valence-electron chi connectivity index (χ2n) is 3.90. The Hall–Kier alpha value is -1.30. The number of amides is 2. The van der Waals surface area contributed by atoms with Gasteiger partial charge in [-0.15, -0.1) is 0 Å². The number of unbranched alkanes of at least 4 members (excludes halogenated alkanes) is 2. The zero-order chi connectivity index (χ0) is 12.6. The molecule has 0 spiro atoms. The molecule has 0 aliphatic heterocycles. The Bertz CT molecular complexity index is 241. The monoisotopic (exact) mass is 232 g/mol. The van der Waals surface area contributed by atoms with Gasteiger partial charge in [-0.1, -0.05) is 19.8 Å². The van der Waals surface area contributed by atoms with Crippen LogP contribution in [0.25, 0.3) is 0 Å². The number of hydrogen-bond donors (Lipinski definition) is 4. The summed E-state index contributed by atoms with van der Waals surface area (Å²) in [4.78, 5) is 21.7. The first-order valence-corrected chi connectivity index (χ1v) is 5.37. The smallest absolute Gasteiger partial charge is 0.337 e. The van der Waals surface area contributed by atoms with E-state index in [1.54, 1.807) is 0 Å². The molecule has 2 amide bonds. The number of urea groups is 1. The van der Waals surface area contributed by atoms with Crippen molar-refractivity contribution in [3.05, 3.63) is 0 Å². The Morgan fingerprint density at radius 3 is 2.38 bits per heavy atom. The zero-order valence-electron chi connectivity index (χ0n) is 9.75. The second kappa shape index (κ2) is 7.05. The summed E-state index contributed by atoms with van der Waals surface area (Å²) in [5.74, 6) is -1.36. The van der Waals surface area contributed by atoms with E-state index in [0.29, 0.717) is 6.54 Å². The number of carbonyl (C=O) groups is 2. The number of aliphatic carboxylic acids is 1. The van der Waals surface area contributed by atoms with Gasteiger partial charge in [0.2, 0.25) is 0 Å². The van der Waals surface area contributed by atoms with Gasteiger partial charge in [0.05, 0.1) is 6.54 Å². The quantitative estimate of drug-likeness (QED) is 0.475. The van der Waals surface area contributed by atoms with E-state index in [-0.39, 0.29) is 6.54 Å². The first-order valence-electron chi connectivity index (χ1n) is 5.37. The van der Waals surface area contributed by atoms with Gasteiger partial charge >= 0.3 is 12.0 Å². The molecule has 0 aromatic heterocycles. The largest absolute Gasteiger partial charge is 0.479 e. The topological polar surface area (TPSA) is 98.7 Å². The van der Waals surface area contributed by atoms with Crippen LogP contribution in [0.3, 0.4) is 0 Å². The third kappa shape index (κ3) is 6.23. The van der Waals surface area contributed by atoms with Crippen molar-refractivity contribution >= 4 is 12.0 Å². The van der Waals surface area contributed by atoms with Crippen molar-refractivity contribution in [2.24, 2.45) is 0 Å². The third-order valence-electron chi connectivity index (χ3n) is 2.12. The molecule has 6 heteroatoms. The lowest BCUT2D eigenvalue weighted by atomic mass is 10.1. The second-order valence-corrected chi connectivity index (χ2v) is 3.90. The summed E-state index contributed by atoms with van der Waals surface area (Å²) < 4.78 is 0. The lowest BCUT2D eigenvalue weighted by Gasteiger charge is -2.18. The highest BCUT2D eigenvalue weighted by Gasteiger charge is 2.30. The first-order chi connectivity index (χ1) is 7.40. The van der Waals surface area contributed by atoms with Crippen molar-refractivity contribution in [2.75, 3.05) is 13.1 Å². The van der Waals surface area contributed by atoms with Gasteiger partial charge in [-0.25, -0.2) is 9.59 Å². The maximum atomic E-state index is 11.1. The molecule has 1 unspecified atom stereocenters. The molecule has 0 heterocycles. The summed E-state index contributed by atoms with van der Waals surface area (Å²) >= 11 is 0. The van der Waals surface area contributed by atoms with Gasteiger partial charge in [-0.05, 0) is 13.3 Å². The summed E-state index contributed by atoms with van der Waals surface area (Å²) in [6.07, 6.45) is 2.99. The molecular weight excluding hydrogens is 212 g/mol. The molecule has 4 N–H and O–H groups in total. The number of hydrogen-bond acceptors (Lipinski definition) is 3. The van der Waals surface area contributed by atoms with E-state index in [1.807, 2.05) is 0 Å². The van der Waals surface area contributed by atoms with E-state index in [4.69, 9.17) is 5.11 Å². The summed E-state index contributed by atoms with van der Waals surface area (Å²) in [5, 5.41) is 22.8. The van der Waals surface area contributed by atoms with Crippen LogP contribution in [0.1, 0.15) is 33.1 Å². The molecule has 6 nitrogen and oxygen atoms in total. The first kappa shape index (κ1) is 14.7. The van der Waals surface area contributed by atoms with E-state index in [1.165, 1.54) is 0 Å². The van der Waals surface area contributed by atoms with Gasteiger partial charge in [0.15, 0.2) is 5.60 Å². The number of carboxylic acid groups (broad SMARTS) is 1. The molecule has 0 radical (unpaired) electrons. The van der Waals surface area contributed by atoms with E-state index < -0.39 is 17.6 Å². The lowest BCUT2D eigenvalue weighted by Crippen LogP contribution is -2.49. The summed E-state index contributed by atoms with van der Waals surface area (Å²) in [7, 11) is 0. The zero-order valence-corrected chi connectivity index (χ0v) is 9.75. The Morgan fingerprint density at radius 1 is 1.25 bits per heavy atom. The molecule has 0 aromatic rings. The van der Waals surface area contributed by atoms with Crippen LogP contribution in [-0.4, -0.2) is 40.9 Å². The Labute approximate surface area is 95.0 Å². The molecule has 0 saturated carbocycles. The summed E-state index contributed by atoms with van der Waals surface area (Å²) in [6.45, 7) is 3.42. The lowest BCUT2D eigenvalue weighted by molar-refractivity contribution is -0.155. The van der Waals surface area contributed by atoms with Crippen LogP contribution in [0.4, 0.5) is 4.79 Å². The molecule has 0 saturated heterocycles. The van der Waals surface area contributed by atoms with E-state index in [0.717, 1.165) is 26.2 Å². The Morgan fingerprint density at radius 2 is 1.88 bits per heavy atom. The average molecular weight is 232 g/mol. The Balaban J connectivity index is 3.69. The van der Waals surface area contributed by atoms with E-state index in [2.05, 4.69) is 17.6 Å². The van der Waals surface area contributed by atoms with Gasteiger partial charge in [0, 0.05) is 6.54 Å². The van der Waals surface area contributed by atoms with Gasteiger partial charge in [-0.2, -0.15) is 0 Å². The molecule has 0 aliphatic carbocycles. The van der Waals surface area contributed by atoms with Gasteiger partial charge in [0.25, 0.3) is 0 Å². The molecular formula is C10H20N2O4. The molecule has 16 heavy (non-hydrogen) atoms.